The maximum Gasteiger partial charge on any atom is 0.251 e. The fourth-order valence-corrected chi connectivity index (χ4v) is 3.92. The molecule has 0 fully saturated rings. The molecule has 0 atom stereocenters. The summed E-state index contributed by atoms with van der Waals surface area (Å²) in [5.74, 6) is 2.51. The molecule has 0 saturated carbocycles. The van der Waals surface area contributed by atoms with Crippen molar-refractivity contribution in [2.45, 2.75) is 25.8 Å². The number of aromatic nitrogens is 2. The highest BCUT2D eigenvalue weighted by Gasteiger charge is 2.11. The van der Waals surface area contributed by atoms with Crippen molar-refractivity contribution in [2.75, 3.05) is 20.3 Å². The number of methoxy groups -OCH3 is 1. The fourth-order valence-electron chi connectivity index (χ4n) is 3.79. The number of nitrogens with zero attached hydrogens (tertiary/aromatic N) is 2. The molecule has 4 rings (SSSR count). The maximum absolute atomic E-state index is 12.4. The molecule has 0 saturated heterocycles. The van der Waals surface area contributed by atoms with Gasteiger partial charge in [0.25, 0.3) is 5.91 Å². The van der Waals surface area contributed by atoms with Crippen LogP contribution in [0, 0.1) is 0 Å². The Morgan fingerprint density at radius 1 is 0.971 bits per heavy atom. The molecule has 0 aliphatic heterocycles. The number of unbranched alkanes of at least 4 members (excludes halogenated alkanes) is 1. The first-order valence-corrected chi connectivity index (χ1v) is 11.8. The molecule has 0 spiro atoms. The third kappa shape index (κ3) is 6.08. The van der Waals surface area contributed by atoms with Gasteiger partial charge in [-0.15, -0.1) is 0 Å². The summed E-state index contributed by atoms with van der Waals surface area (Å²) >= 11 is 5.91. The van der Waals surface area contributed by atoms with E-state index < -0.39 is 0 Å². The van der Waals surface area contributed by atoms with E-state index in [2.05, 4.69) is 16.0 Å². The van der Waals surface area contributed by atoms with Crippen molar-refractivity contribution >= 4 is 28.5 Å². The smallest absolute Gasteiger partial charge is 0.251 e. The highest BCUT2D eigenvalue weighted by atomic mass is 35.5. The number of carbonyl (C=O) groups excluding carboxylic acids is 1. The normalized spacial score (nSPS) is 10.9. The number of benzene rings is 3. The van der Waals surface area contributed by atoms with Crippen LogP contribution in [0.5, 0.6) is 11.5 Å². The van der Waals surface area contributed by atoms with Gasteiger partial charge in [0.05, 0.1) is 24.8 Å². The highest BCUT2D eigenvalue weighted by Crippen LogP contribution is 2.19. The van der Waals surface area contributed by atoms with Gasteiger partial charge in [-0.05, 0) is 73.5 Å². The van der Waals surface area contributed by atoms with Gasteiger partial charge in [0.15, 0.2) is 0 Å². The van der Waals surface area contributed by atoms with Gasteiger partial charge in [-0.2, -0.15) is 0 Å². The van der Waals surface area contributed by atoms with Gasteiger partial charge >= 0.3 is 0 Å². The first-order chi connectivity index (χ1) is 16.6. The van der Waals surface area contributed by atoms with E-state index in [0.717, 1.165) is 47.7 Å². The predicted molar refractivity (Wildman–Crippen MR) is 135 cm³/mol. The van der Waals surface area contributed by atoms with Crippen LogP contribution in [-0.4, -0.2) is 35.7 Å². The van der Waals surface area contributed by atoms with Crippen LogP contribution in [0.15, 0.2) is 72.8 Å². The molecule has 0 bridgehead atoms. The molecule has 4 aromatic rings. The topological polar surface area (TPSA) is 65.4 Å². The number of hydrogen-bond acceptors (Lipinski definition) is 4. The van der Waals surface area contributed by atoms with E-state index in [-0.39, 0.29) is 5.91 Å². The summed E-state index contributed by atoms with van der Waals surface area (Å²) in [6, 6.07) is 22.6. The molecular formula is C27H28ClN3O3. The van der Waals surface area contributed by atoms with Crippen LogP contribution in [0.1, 0.15) is 29.0 Å². The summed E-state index contributed by atoms with van der Waals surface area (Å²) in [7, 11) is 1.65. The van der Waals surface area contributed by atoms with E-state index in [4.69, 9.17) is 26.1 Å². The molecule has 34 heavy (non-hydrogen) atoms. The van der Waals surface area contributed by atoms with Gasteiger partial charge in [0.2, 0.25) is 0 Å². The number of ether oxygens (including phenoxy) is 2. The van der Waals surface area contributed by atoms with Gasteiger partial charge < -0.3 is 19.4 Å². The molecule has 1 N–H and O–H groups in total. The summed E-state index contributed by atoms with van der Waals surface area (Å²) in [5.41, 5.74) is 2.67. The van der Waals surface area contributed by atoms with Crippen molar-refractivity contribution < 1.29 is 14.3 Å². The Labute approximate surface area is 204 Å². The van der Waals surface area contributed by atoms with E-state index in [9.17, 15) is 4.79 Å². The number of halogens is 1. The minimum absolute atomic E-state index is 0.116. The number of aryl methyl sites for hydroxylation is 1. The maximum atomic E-state index is 12.4. The van der Waals surface area contributed by atoms with E-state index >= 15 is 0 Å². The number of amides is 1. The van der Waals surface area contributed by atoms with Crippen LogP contribution in [0.3, 0.4) is 0 Å². The van der Waals surface area contributed by atoms with Crippen molar-refractivity contribution in [3.05, 3.63) is 89.2 Å². The van der Waals surface area contributed by atoms with Crippen molar-refractivity contribution in [2.24, 2.45) is 0 Å². The van der Waals surface area contributed by atoms with Gasteiger partial charge in [-0.25, -0.2) is 4.98 Å². The third-order valence-corrected chi connectivity index (χ3v) is 5.83. The van der Waals surface area contributed by atoms with Crippen molar-refractivity contribution in [1.82, 2.24) is 14.9 Å². The molecule has 1 aromatic heterocycles. The average molecular weight is 478 g/mol. The Balaban J connectivity index is 1.31. The molecule has 3 aromatic carbocycles. The second kappa shape index (κ2) is 11.6. The quantitative estimate of drug-likeness (QED) is 0.288. The van der Waals surface area contributed by atoms with E-state index in [1.54, 1.807) is 31.4 Å². The summed E-state index contributed by atoms with van der Waals surface area (Å²) in [6.07, 6.45) is 2.53. The number of rotatable bonds is 11. The highest BCUT2D eigenvalue weighted by molar-refractivity contribution is 6.30. The minimum atomic E-state index is -0.116. The van der Waals surface area contributed by atoms with Crippen molar-refractivity contribution in [3.63, 3.8) is 0 Å². The van der Waals surface area contributed by atoms with Crippen LogP contribution < -0.4 is 14.8 Å². The van der Waals surface area contributed by atoms with Crippen LogP contribution in [0.4, 0.5) is 0 Å². The van der Waals surface area contributed by atoms with Gasteiger partial charge in [0.1, 0.15) is 17.3 Å². The number of fused-ring (bicyclic) bond motifs is 1. The molecule has 1 heterocycles. The third-order valence-electron chi connectivity index (χ3n) is 5.58. The van der Waals surface area contributed by atoms with Gasteiger partial charge in [0, 0.05) is 30.1 Å². The number of nitrogens with one attached hydrogen (secondary N) is 1. The molecule has 7 heteroatoms. The number of imidazole rings is 1. The summed E-state index contributed by atoms with van der Waals surface area (Å²) < 4.78 is 13.3. The molecule has 0 unspecified atom stereocenters. The second-order valence-corrected chi connectivity index (χ2v) is 8.35. The van der Waals surface area contributed by atoms with E-state index in [0.29, 0.717) is 30.2 Å². The Bertz CT molecular complexity index is 1220. The standard InChI is InChI=1S/C27H28ClN3O3/c1-33-22-12-14-23(15-13-22)34-19-5-4-18-31-25-7-3-2-6-24(25)30-26(31)16-17-29-27(32)20-8-10-21(28)11-9-20/h2-3,6-15H,4-5,16-19H2,1H3,(H,29,32). The first-order valence-electron chi connectivity index (χ1n) is 11.4. The zero-order valence-electron chi connectivity index (χ0n) is 19.2. The van der Waals surface area contributed by atoms with Crippen LogP contribution >= 0.6 is 11.6 Å². The molecule has 0 aliphatic rings. The lowest BCUT2D eigenvalue weighted by Gasteiger charge is -2.11. The monoisotopic (exact) mass is 477 g/mol. The number of carbonyl (C=O) groups is 1. The van der Waals surface area contributed by atoms with Crippen molar-refractivity contribution in [1.29, 1.82) is 0 Å². The summed E-state index contributed by atoms with van der Waals surface area (Å²) in [4.78, 5) is 17.2. The zero-order chi connectivity index (χ0) is 23.8. The minimum Gasteiger partial charge on any atom is -0.497 e. The molecule has 1 amide bonds. The second-order valence-electron chi connectivity index (χ2n) is 7.91. The lowest BCUT2D eigenvalue weighted by molar-refractivity contribution is 0.0954. The average Bonchev–Trinajstić information content (AvgIpc) is 3.22. The molecule has 0 radical (unpaired) electrons. The SMILES string of the molecule is COc1ccc(OCCCCn2c(CCNC(=O)c3ccc(Cl)cc3)nc3ccccc32)cc1. The number of hydrogen-bond donors (Lipinski definition) is 1. The Morgan fingerprint density at radius 2 is 1.71 bits per heavy atom. The van der Waals surface area contributed by atoms with E-state index in [1.807, 2.05) is 42.5 Å². The summed E-state index contributed by atoms with van der Waals surface area (Å²) in [5, 5.41) is 3.59. The summed E-state index contributed by atoms with van der Waals surface area (Å²) in [6.45, 7) is 1.99. The molecule has 0 aliphatic carbocycles. The largest absolute Gasteiger partial charge is 0.497 e. The molecule has 6 nitrogen and oxygen atoms in total. The van der Waals surface area contributed by atoms with Crippen molar-refractivity contribution in [3.8, 4) is 11.5 Å². The lowest BCUT2D eigenvalue weighted by atomic mass is 10.2. The van der Waals surface area contributed by atoms with Gasteiger partial charge in [-0.3, -0.25) is 4.79 Å². The van der Waals surface area contributed by atoms with Crippen LogP contribution in [0.25, 0.3) is 11.0 Å². The lowest BCUT2D eigenvalue weighted by Crippen LogP contribution is -2.26. The first kappa shape index (κ1) is 23.6. The molecular weight excluding hydrogens is 450 g/mol. The predicted octanol–water partition coefficient (Wildman–Crippen LogP) is 5.53. The number of para-hydroxylation sites is 2. The zero-order valence-corrected chi connectivity index (χ0v) is 19.9. The van der Waals surface area contributed by atoms with Gasteiger partial charge in [-0.1, -0.05) is 23.7 Å². The Hall–Kier alpha value is -3.51. The fraction of sp³-hybridized carbons (Fsp3) is 0.259. The van der Waals surface area contributed by atoms with Crippen LogP contribution in [0.2, 0.25) is 5.02 Å². The van der Waals surface area contributed by atoms with E-state index in [1.165, 1.54) is 0 Å². The Morgan fingerprint density at radius 3 is 2.47 bits per heavy atom. The molecule has 176 valence electrons. The van der Waals surface area contributed by atoms with Crippen LogP contribution in [-0.2, 0) is 13.0 Å². The Kier molecular flexibility index (Phi) is 8.04.